The topological polar surface area (TPSA) is 68.3 Å². The van der Waals surface area contributed by atoms with Gasteiger partial charge in [0.2, 0.25) is 5.91 Å². The lowest BCUT2D eigenvalue weighted by atomic mass is 9.80. The fraction of sp³-hybridized carbons (Fsp3) is 0.381. The molecule has 26 heavy (non-hydrogen) atoms. The molecule has 0 aliphatic carbocycles. The molecule has 2 aromatic rings. The molecule has 0 fully saturated rings. The molecule has 0 aliphatic rings. The monoisotopic (exact) mass is 354 g/mol. The summed E-state index contributed by atoms with van der Waals surface area (Å²) in [4.78, 5) is 28.3. The summed E-state index contributed by atoms with van der Waals surface area (Å²) in [5.41, 5.74) is 1.27. The summed E-state index contributed by atoms with van der Waals surface area (Å²) in [6.45, 7) is 6.22. The summed E-state index contributed by atoms with van der Waals surface area (Å²) < 4.78 is 4.88. The number of hydrogen-bond acceptors (Lipinski definition) is 4. The number of hydrogen-bond donors (Lipinski definition) is 1. The first kappa shape index (κ1) is 19.6. The van der Waals surface area contributed by atoms with Gasteiger partial charge in [-0.15, -0.1) is 0 Å². The fourth-order valence-corrected chi connectivity index (χ4v) is 2.76. The molecule has 1 heterocycles. The highest BCUT2D eigenvalue weighted by Crippen LogP contribution is 2.31. The third-order valence-corrected chi connectivity index (χ3v) is 4.50. The maximum atomic E-state index is 12.6. The lowest BCUT2D eigenvalue weighted by Gasteiger charge is -2.26. The van der Waals surface area contributed by atoms with E-state index in [1.165, 1.54) is 6.08 Å². The van der Waals surface area contributed by atoms with Crippen LogP contribution in [0.2, 0.25) is 0 Å². The Bertz CT molecular complexity index is 795. The first-order valence-electron chi connectivity index (χ1n) is 8.94. The van der Waals surface area contributed by atoms with Crippen molar-refractivity contribution in [2.75, 3.05) is 11.9 Å². The zero-order valence-corrected chi connectivity index (χ0v) is 15.6. The number of esters is 1. The number of pyridine rings is 1. The van der Waals surface area contributed by atoms with Crippen molar-refractivity contribution in [2.24, 2.45) is 5.41 Å². The molecule has 1 unspecified atom stereocenters. The Kier molecular flexibility index (Phi) is 6.89. The highest BCUT2D eigenvalue weighted by molar-refractivity contribution is 6.00. The molecule has 1 aromatic heterocycles. The minimum absolute atomic E-state index is 0.0583. The Labute approximate surface area is 154 Å². The fourth-order valence-electron chi connectivity index (χ4n) is 2.76. The van der Waals surface area contributed by atoms with Gasteiger partial charge >= 0.3 is 5.97 Å². The van der Waals surface area contributed by atoms with Crippen LogP contribution in [-0.2, 0) is 14.3 Å². The highest BCUT2D eigenvalue weighted by atomic mass is 16.5. The van der Waals surface area contributed by atoms with Gasteiger partial charge in [0.15, 0.2) is 0 Å². The van der Waals surface area contributed by atoms with Crippen LogP contribution in [0.25, 0.3) is 10.9 Å². The van der Waals surface area contributed by atoms with Crippen LogP contribution in [0.5, 0.6) is 0 Å². The minimum Gasteiger partial charge on any atom is -0.463 e. The maximum Gasteiger partial charge on any atom is 0.330 e. The molecule has 0 radical (unpaired) electrons. The van der Waals surface area contributed by atoms with Gasteiger partial charge in [-0.05, 0) is 37.3 Å². The van der Waals surface area contributed by atoms with Crippen LogP contribution >= 0.6 is 0 Å². The van der Waals surface area contributed by atoms with E-state index in [1.807, 2.05) is 44.2 Å². The number of rotatable bonds is 8. The van der Waals surface area contributed by atoms with Crippen molar-refractivity contribution in [3.05, 3.63) is 48.7 Å². The summed E-state index contributed by atoms with van der Waals surface area (Å²) in [6, 6.07) is 9.57. The van der Waals surface area contributed by atoms with Gasteiger partial charge in [-0.2, -0.15) is 0 Å². The molecule has 1 N–H and O–H groups in total. The number of aromatic nitrogens is 1. The van der Waals surface area contributed by atoms with Crippen molar-refractivity contribution in [3.63, 3.8) is 0 Å². The first-order chi connectivity index (χ1) is 12.5. The van der Waals surface area contributed by atoms with E-state index in [1.54, 1.807) is 19.2 Å². The summed E-state index contributed by atoms with van der Waals surface area (Å²) >= 11 is 0. The predicted octanol–water partition coefficient (Wildman–Crippen LogP) is 4.49. The summed E-state index contributed by atoms with van der Waals surface area (Å²) in [5.74, 6) is -0.408. The van der Waals surface area contributed by atoms with Crippen molar-refractivity contribution in [2.45, 2.75) is 40.0 Å². The average Bonchev–Trinajstić information content (AvgIpc) is 2.62. The molecule has 5 heteroatoms. The number of carbonyl (C=O) groups excluding carboxylic acids is 2. The molecule has 5 nitrogen and oxygen atoms in total. The van der Waals surface area contributed by atoms with Gasteiger partial charge in [0.25, 0.3) is 0 Å². The molecule has 1 aromatic carbocycles. The second-order valence-corrected chi connectivity index (χ2v) is 6.63. The van der Waals surface area contributed by atoms with Gasteiger partial charge in [0.05, 0.1) is 17.8 Å². The Morgan fingerprint density at radius 2 is 2.00 bits per heavy atom. The van der Waals surface area contributed by atoms with E-state index in [2.05, 4.69) is 10.3 Å². The molecule has 1 amide bonds. The van der Waals surface area contributed by atoms with Crippen molar-refractivity contribution in [1.29, 1.82) is 0 Å². The Morgan fingerprint density at radius 3 is 2.73 bits per heavy atom. The standard InChI is InChI=1S/C21H26N2O3/c1-4-21(3,13-7-12-19(25)26-5-2)15-18(24)23-17-11-6-9-16-10-8-14-22-20(16)17/h6-12,14H,4-5,13,15H2,1-3H3,(H,23,24)/b12-7+. The van der Waals surface area contributed by atoms with Crippen molar-refractivity contribution < 1.29 is 14.3 Å². The Balaban J connectivity index is 2.03. The number of amides is 1. The van der Waals surface area contributed by atoms with Crippen LogP contribution in [0.3, 0.4) is 0 Å². The zero-order chi connectivity index (χ0) is 19.0. The summed E-state index contributed by atoms with van der Waals surface area (Å²) in [6.07, 6.45) is 6.75. The molecule has 0 saturated heterocycles. The number of carbonyl (C=O) groups is 2. The number of nitrogens with one attached hydrogen (secondary N) is 1. The second kappa shape index (κ2) is 9.13. The number of benzene rings is 1. The lowest BCUT2D eigenvalue weighted by molar-refractivity contribution is -0.137. The van der Waals surface area contributed by atoms with Crippen LogP contribution in [0, 0.1) is 5.41 Å². The minimum atomic E-state index is -0.350. The van der Waals surface area contributed by atoms with E-state index in [-0.39, 0.29) is 17.3 Å². The quantitative estimate of drug-likeness (QED) is 0.560. The SMILES string of the molecule is CCOC(=O)/C=C/CC(C)(CC)CC(=O)Nc1cccc2cccnc12. The second-order valence-electron chi connectivity index (χ2n) is 6.63. The Morgan fingerprint density at radius 1 is 1.23 bits per heavy atom. The molecular formula is C21H26N2O3. The van der Waals surface area contributed by atoms with Gasteiger partial charge < -0.3 is 10.1 Å². The first-order valence-corrected chi connectivity index (χ1v) is 8.94. The van der Waals surface area contributed by atoms with Crippen LogP contribution in [0.4, 0.5) is 5.69 Å². The van der Waals surface area contributed by atoms with E-state index >= 15 is 0 Å². The summed E-state index contributed by atoms with van der Waals surface area (Å²) in [5, 5.41) is 3.96. The lowest BCUT2D eigenvalue weighted by Crippen LogP contribution is -2.24. The van der Waals surface area contributed by atoms with Crippen molar-refractivity contribution in [1.82, 2.24) is 4.98 Å². The number of para-hydroxylation sites is 1. The molecule has 1 atom stereocenters. The third-order valence-electron chi connectivity index (χ3n) is 4.50. The van der Waals surface area contributed by atoms with Crippen LogP contribution in [-0.4, -0.2) is 23.5 Å². The summed E-state index contributed by atoms with van der Waals surface area (Å²) in [7, 11) is 0. The molecule has 0 saturated carbocycles. The highest BCUT2D eigenvalue weighted by Gasteiger charge is 2.25. The molecular weight excluding hydrogens is 328 g/mol. The smallest absolute Gasteiger partial charge is 0.330 e. The number of allylic oxidation sites excluding steroid dienone is 1. The predicted molar refractivity (Wildman–Crippen MR) is 104 cm³/mol. The maximum absolute atomic E-state index is 12.6. The van der Waals surface area contributed by atoms with Crippen molar-refractivity contribution in [3.8, 4) is 0 Å². The van der Waals surface area contributed by atoms with Crippen LogP contribution in [0.15, 0.2) is 48.7 Å². The number of ether oxygens (including phenoxy) is 1. The van der Waals surface area contributed by atoms with E-state index in [0.717, 1.165) is 17.3 Å². The number of fused-ring (bicyclic) bond motifs is 1. The van der Waals surface area contributed by atoms with Crippen LogP contribution in [0.1, 0.15) is 40.0 Å². The van der Waals surface area contributed by atoms with Crippen LogP contribution < -0.4 is 5.32 Å². The van der Waals surface area contributed by atoms with E-state index in [0.29, 0.717) is 25.1 Å². The van der Waals surface area contributed by atoms with E-state index in [4.69, 9.17) is 4.74 Å². The van der Waals surface area contributed by atoms with E-state index < -0.39 is 0 Å². The molecule has 0 bridgehead atoms. The molecule has 0 aliphatic heterocycles. The largest absolute Gasteiger partial charge is 0.463 e. The zero-order valence-electron chi connectivity index (χ0n) is 15.6. The van der Waals surface area contributed by atoms with Gasteiger partial charge in [-0.3, -0.25) is 9.78 Å². The molecule has 0 spiro atoms. The number of nitrogens with zero attached hydrogens (tertiary/aromatic N) is 1. The van der Waals surface area contributed by atoms with E-state index in [9.17, 15) is 9.59 Å². The normalized spacial score (nSPS) is 13.5. The van der Waals surface area contributed by atoms with Gasteiger partial charge in [-0.1, -0.05) is 38.1 Å². The Hall–Kier alpha value is -2.69. The third kappa shape index (κ3) is 5.41. The molecule has 2 rings (SSSR count). The van der Waals surface area contributed by atoms with Gasteiger partial charge in [-0.25, -0.2) is 4.79 Å². The van der Waals surface area contributed by atoms with Crippen molar-refractivity contribution >= 4 is 28.5 Å². The van der Waals surface area contributed by atoms with Gasteiger partial charge in [0.1, 0.15) is 0 Å². The molecule has 138 valence electrons. The van der Waals surface area contributed by atoms with Gasteiger partial charge in [0, 0.05) is 24.1 Å². The average molecular weight is 354 g/mol. The number of anilines is 1.